The summed E-state index contributed by atoms with van der Waals surface area (Å²) in [6.07, 6.45) is 6.02. The fraction of sp³-hybridized carbons (Fsp3) is 0.444. The van der Waals surface area contributed by atoms with Crippen molar-refractivity contribution >= 4 is 23.2 Å². The molecule has 1 amide bonds. The van der Waals surface area contributed by atoms with Gasteiger partial charge < -0.3 is 9.64 Å². The summed E-state index contributed by atoms with van der Waals surface area (Å²) in [6, 6.07) is 5.54. The van der Waals surface area contributed by atoms with Crippen molar-refractivity contribution in [2.45, 2.75) is 32.6 Å². The van der Waals surface area contributed by atoms with Gasteiger partial charge in [-0.3, -0.25) is 9.78 Å². The number of rotatable bonds is 4. The molecule has 2 aromatic heterocycles. The van der Waals surface area contributed by atoms with Gasteiger partial charge in [-0.1, -0.05) is 18.9 Å². The van der Waals surface area contributed by atoms with Crippen molar-refractivity contribution in [3.05, 3.63) is 35.0 Å². The third-order valence-electron chi connectivity index (χ3n) is 4.15. The minimum Gasteiger partial charge on any atom is -0.451 e. The van der Waals surface area contributed by atoms with Crippen LogP contribution >= 0.6 is 11.3 Å². The molecule has 3 heterocycles. The number of pyridine rings is 1. The Kier molecular flexibility index (Phi) is 5.75. The van der Waals surface area contributed by atoms with Crippen LogP contribution in [0.25, 0.3) is 10.7 Å². The Balaban J connectivity index is 1.61. The number of esters is 1. The van der Waals surface area contributed by atoms with E-state index in [0.717, 1.165) is 44.5 Å². The number of thiazole rings is 1. The molecule has 2 aromatic rings. The monoisotopic (exact) mass is 359 g/mol. The van der Waals surface area contributed by atoms with Crippen LogP contribution in [0, 0.1) is 6.92 Å². The summed E-state index contributed by atoms with van der Waals surface area (Å²) in [5.41, 5.74) is 1.31. The molecule has 0 atom stereocenters. The standard InChI is InChI=1S/C18H21N3O3S/c1-13-16(25-17(20-13)14-8-4-5-9-19-14)18(23)24-12-15(22)21-10-6-2-3-7-11-21/h4-5,8-9H,2-3,6-7,10-12H2,1H3. The first-order valence-electron chi connectivity index (χ1n) is 8.49. The van der Waals surface area contributed by atoms with Gasteiger partial charge >= 0.3 is 5.97 Å². The molecular formula is C18H21N3O3S. The van der Waals surface area contributed by atoms with Crippen molar-refractivity contribution in [1.29, 1.82) is 0 Å². The van der Waals surface area contributed by atoms with Gasteiger partial charge in [0.1, 0.15) is 9.88 Å². The Morgan fingerprint density at radius 2 is 1.96 bits per heavy atom. The molecule has 0 spiro atoms. The Morgan fingerprint density at radius 3 is 2.64 bits per heavy atom. The van der Waals surface area contributed by atoms with Gasteiger partial charge in [-0.25, -0.2) is 9.78 Å². The highest BCUT2D eigenvalue weighted by atomic mass is 32.1. The molecule has 0 unspecified atom stereocenters. The van der Waals surface area contributed by atoms with Crippen LogP contribution in [-0.2, 0) is 9.53 Å². The first-order valence-corrected chi connectivity index (χ1v) is 9.30. The first kappa shape index (κ1) is 17.5. The topological polar surface area (TPSA) is 72.4 Å². The molecule has 25 heavy (non-hydrogen) atoms. The first-order chi connectivity index (χ1) is 12.1. The van der Waals surface area contributed by atoms with Crippen molar-refractivity contribution in [2.75, 3.05) is 19.7 Å². The maximum Gasteiger partial charge on any atom is 0.350 e. The largest absolute Gasteiger partial charge is 0.451 e. The van der Waals surface area contributed by atoms with E-state index in [2.05, 4.69) is 9.97 Å². The summed E-state index contributed by atoms with van der Waals surface area (Å²) in [5, 5.41) is 0.670. The molecule has 1 fully saturated rings. The number of nitrogens with zero attached hydrogens (tertiary/aromatic N) is 3. The van der Waals surface area contributed by atoms with Crippen LogP contribution in [-0.4, -0.2) is 46.4 Å². The SMILES string of the molecule is Cc1nc(-c2ccccn2)sc1C(=O)OCC(=O)N1CCCCCC1. The number of carbonyl (C=O) groups is 2. The van der Waals surface area contributed by atoms with Crippen LogP contribution in [0.3, 0.4) is 0 Å². The second-order valence-electron chi connectivity index (χ2n) is 6.02. The second kappa shape index (κ2) is 8.20. The third-order valence-corrected chi connectivity index (χ3v) is 5.31. The molecule has 7 heteroatoms. The fourth-order valence-electron chi connectivity index (χ4n) is 2.79. The molecule has 1 aliphatic rings. The molecule has 1 saturated heterocycles. The van der Waals surface area contributed by atoms with E-state index in [0.29, 0.717) is 15.6 Å². The summed E-state index contributed by atoms with van der Waals surface area (Å²) >= 11 is 1.24. The summed E-state index contributed by atoms with van der Waals surface area (Å²) in [4.78, 5) is 35.4. The van der Waals surface area contributed by atoms with E-state index in [1.54, 1.807) is 18.0 Å². The fourth-order valence-corrected chi connectivity index (χ4v) is 3.73. The second-order valence-corrected chi connectivity index (χ2v) is 7.02. The molecule has 0 aliphatic carbocycles. The van der Waals surface area contributed by atoms with Crippen molar-refractivity contribution in [3.63, 3.8) is 0 Å². The average molecular weight is 359 g/mol. The zero-order valence-electron chi connectivity index (χ0n) is 14.2. The summed E-state index contributed by atoms with van der Waals surface area (Å²) in [5.74, 6) is -0.622. The molecule has 0 bridgehead atoms. The highest BCUT2D eigenvalue weighted by Crippen LogP contribution is 2.26. The van der Waals surface area contributed by atoms with E-state index >= 15 is 0 Å². The molecule has 0 N–H and O–H groups in total. The maximum absolute atomic E-state index is 12.3. The lowest BCUT2D eigenvalue weighted by molar-refractivity contribution is -0.134. The highest BCUT2D eigenvalue weighted by Gasteiger charge is 2.21. The van der Waals surface area contributed by atoms with Crippen LogP contribution in [0.5, 0.6) is 0 Å². The van der Waals surface area contributed by atoms with E-state index in [-0.39, 0.29) is 12.5 Å². The molecule has 0 saturated carbocycles. The van der Waals surface area contributed by atoms with Crippen molar-refractivity contribution in [2.24, 2.45) is 0 Å². The summed E-state index contributed by atoms with van der Waals surface area (Å²) in [6.45, 7) is 3.05. The Morgan fingerprint density at radius 1 is 1.20 bits per heavy atom. The molecule has 3 rings (SSSR count). The molecule has 1 aliphatic heterocycles. The normalized spacial score (nSPS) is 14.8. The van der Waals surface area contributed by atoms with E-state index in [1.165, 1.54) is 11.3 Å². The van der Waals surface area contributed by atoms with Gasteiger partial charge in [0.15, 0.2) is 6.61 Å². The third kappa shape index (κ3) is 4.42. The van der Waals surface area contributed by atoms with Crippen molar-refractivity contribution < 1.29 is 14.3 Å². The van der Waals surface area contributed by atoms with Gasteiger partial charge in [-0.05, 0) is 31.9 Å². The quantitative estimate of drug-likeness (QED) is 0.785. The lowest BCUT2D eigenvalue weighted by atomic mass is 10.2. The van der Waals surface area contributed by atoms with Crippen molar-refractivity contribution in [1.82, 2.24) is 14.9 Å². The number of hydrogen-bond donors (Lipinski definition) is 0. The van der Waals surface area contributed by atoms with E-state index in [4.69, 9.17) is 4.74 Å². The Hall–Kier alpha value is -2.28. The lowest BCUT2D eigenvalue weighted by Crippen LogP contribution is -2.35. The van der Waals surface area contributed by atoms with Gasteiger partial charge in [0.2, 0.25) is 0 Å². The Labute approximate surface area is 150 Å². The van der Waals surface area contributed by atoms with Gasteiger partial charge in [0.05, 0.1) is 11.4 Å². The zero-order chi connectivity index (χ0) is 17.6. The van der Waals surface area contributed by atoms with Crippen LogP contribution in [0.2, 0.25) is 0 Å². The zero-order valence-corrected chi connectivity index (χ0v) is 15.1. The van der Waals surface area contributed by atoms with E-state index in [1.807, 2.05) is 18.2 Å². The molecule has 0 radical (unpaired) electrons. The number of hydrogen-bond acceptors (Lipinski definition) is 6. The van der Waals surface area contributed by atoms with Crippen molar-refractivity contribution in [3.8, 4) is 10.7 Å². The number of ether oxygens (including phenoxy) is 1. The molecule has 6 nitrogen and oxygen atoms in total. The molecular weight excluding hydrogens is 338 g/mol. The number of likely N-dealkylation sites (tertiary alicyclic amines) is 1. The van der Waals surface area contributed by atoms with Crippen LogP contribution in [0.15, 0.2) is 24.4 Å². The van der Waals surface area contributed by atoms with Gasteiger partial charge in [0, 0.05) is 19.3 Å². The smallest absolute Gasteiger partial charge is 0.350 e. The number of amides is 1. The summed E-state index contributed by atoms with van der Waals surface area (Å²) < 4.78 is 5.23. The maximum atomic E-state index is 12.3. The summed E-state index contributed by atoms with van der Waals surface area (Å²) in [7, 11) is 0. The number of carbonyl (C=O) groups excluding carboxylic acids is 2. The van der Waals surface area contributed by atoms with Gasteiger partial charge in [-0.15, -0.1) is 11.3 Å². The lowest BCUT2D eigenvalue weighted by Gasteiger charge is -2.19. The van der Waals surface area contributed by atoms with Crippen LogP contribution in [0.4, 0.5) is 0 Å². The minimum absolute atomic E-state index is 0.123. The van der Waals surface area contributed by atoms with E-state index < -0.39 is 5.97 Å². The van der Waals surface area contributed by atoms with E-state index in [9.17, 15) is 9.59 Å². The Bertz CT molecular complexity index is 737. The molecule has 0 aromatic carbocycles. The average Bonchev–Trinajstić information content (AvgIpc) is 2.85. The molecule has 132 valence electrons. The number of aryl methyl sites for hydroxylation is 1. The number of aromatic nitrogens is 2. The van der Waals surface area contributed by atoms with Gasteiger partial charge in [0.25, 0.3) is 5.91 Å². The van der Waals surface area contributed by atoms with Gasteiger partial charge in [-0.2, -0.15) is 0 Å². The highest BCUT2D eigenvalue weighted by molar-refractivity contribution is 7.17. The van der Waals surface area contributed by atoms with Crippen LogP contribution < -0.4 is 0 Å². The van der Waals surface area contributed by atoms with Crippen LogP contribution in [0.1, 0.15) is 41.0 Å². The predicted molar refractivity (Wildman–Crippen MR) is 95.4 cm³/mol. The predicted octanol–water partition coefficient (Wildman–Crippen LogP) is 3.07. The minimum atomic E-state index is -0.500.